The molecule has 1 atom stereocenters. The van der Waals surface area contributed by atoms with Crippen LogP contribution in [-0.4, -0.2) is 58.3 Å². The lowest BCUT2D eigenvalue weighted by Gasteiger charge is -2.55. The summed E-state index contributed by atoms with van der Waals surface area (Å²) >= 11 is 5.24. The Morgan fingerprint density at radius 3 is 2.48 bits per heavy atom. The number of thiocarbonyl (C=S) groups is 1. The summed E-state index contributed by atoms with van der Waals surface area (Å²) in [4.78, 5) is 42.4. The summed E-state index contributed by atoms with van der Waals surface area (Å²) in [5, 5.41) is 11.4. The largest absolute Gasteiger partial charge is 0.367 e. The maximum absolute atomic E-state index is 13.4. The Bertz CT molecular complexity index is 862. The smallest absolute Gasteiger partial charge is 0.269 e. The maximum Gasteiger partial charge on any atom is 0.269 e. The average molecular weight is 388 g/mol. The molecule has 0 radical (unpaired) electrons. The van der Waals surface area contributed by atoms with Gasteiger partial charge in [-0.3, -0.25) is 29.5 Å². The zero-order chi connectivity index (χ0) is 19.5. The number of non-ortho nitro benzene ring substituents is 1. The van der Waals surface area contributed by atoms with E-state index >= 15 is 0 Å². The van der Waals surface area contributed by atoms with Crippen molar-refractivity contribution in [3.05, 3.63) is 33.9 Å². The molecule has 142 valence electrons. The summed E-state index contributed by atoms with van der Waals surface area (Å²) < 4.78 is 0. The fourth-order valence-electron chi connectivity index (χ4n) is 4.78. The number of fused-ring (bicyclic) bond motifs is 4. The second-order valence-corrected chi connectivity index (χ2v) is 7.80. The molecule has 27 heavy (non-hydrogen) atoms. The monoisotopic (exact) mass is 388 g/mol. The van der Waals surface area contributed by atoms with E-state index < -0.39 is 10.3 Å². The van der Waals surface area contributed by atoms with Crippen molar-refractivity contribution in [2.45, 2.75) is 31.7 Å². The van der Waals surface area contributed by atoms with Gasteiger partial charge in [-0.15, -0.1) is 0 Å². The summed E-state index contributed by atoms with van der Waals surface area (Å²) in [6.07, 6.45) is 2.77. The Labute approximate surface area is 161 Å². The number of nitro groups is 1. The number of hydrogen-bond acceptors (Lipinski definition) is 6. The van der Waals surface area contributed by atoms with E-state index in [-0.39, 0.29) is 35.1 Å². The van der Waals surface area contributed by atoms with Gasteiger partial charge in [-0.25, -0.2) is 0 Å². The maximum atomic E-state index is 13.4. The SMILES string of the molecule is CN1C(=O)C2(Cc3cc([N+](=O)[O-])ccc3N3CCCC[C@H]32)C(=O)N(C)C1=S. The third kappa shape index (κ3) is 2.30. The van der Waals surface area contributed by atoms with Gasteiger partial charge < -0.3 is 4.90 Å². The molecule has 0 bridgehead atoms. The summed E-state index contributed by atoms with van der Waals surface area (Å²) in [5.74, 6) is -0.630. The summed E-state index contributed by atoms with van der Waals surface area (Å²) in [6, 6.07) is 4.46. The van der Waals surface area contributed by atoms with E-state index in [0.717, 1.165) is 31.5 Å². The number of amides is 2. The normalized spacial score (nSPS) is 24.1. The molecule has 0 aromatic heterocycles. The second kappa shape index (κ2) is 5.98. The summed E-state index contributed by atoms with van der Waals surface area (Å²) in [6.45, 7) is 0.718. The Balaban J connectivity index is 1.92. The zero-order valence-corrected chi connectivity index (χ0v) is 16.0. The molecule has 1 aromatic carbocycles. The van der Waals surface area contributed by atoms with Gasteiger partial charge in [0.15, 0.2) is 10.5 Å². The number of hydrogen-bond donors (Lipinski definition) is 0. The van der Waals surface area contributed by atoms with E-state index in [1.54, 1.807) is 20.2 Å². The molecule has 0 N–H and O–H groups in total. The molecule has 2 saturated heterocycles. The summed E-state index contributed by atoms with van der Waals surface area (Å²) in [5.41, 5.74) is 0.218. The third-order valence-electron chi connectivity index (χ3n) is 6.07. The Hall–Kier alpha value is -2.55. The van der Waals surface area contributed by atoms with Crippen molar-refractivity contribution in [3.8, 4) is 0 Å². The fraction of sp³-hybridized carbons (Fsp3) is 0.500. The van der Waals surface area contributed by atoms with Crippen LogP contribution in [0.3, 0.4) is 0 Å². The number of benzene rings is 1. The highest BCUT2D eigenvalue weighted by Crippen LogP contribution is 2.49. The lowest BCUT2D eigenvalue weighted by atomic mass is 9.66. The molecule has 3 heterocycles. The summed E-state index contributed by atoms with van der Waals surface area (Å²) in [7, 11) is 3.18. The predicted octanol–water partition coefficient (Wildman–Crippen LogP) is 1.71. The first-order valence-corrected chi connectivity index (χ1v) is 9.34. The second-order valence-electron chi connectivity index (χ2n) is 7.43. The van der Waals surface area contributed by atoms with Crippen LogP contribution in [0.2, 0.25) is 0 Å². The highest BCUT2D eigenvalue weighted by molar-refractivity contribution is 7.80. The number of nitro benzene ring substituents is 1. The van der Waals surface area contributed by atoms with Gasteiger partial charge in [0.1, 0.15) is 0 Å². The van der Waals surface area contributed by atoms with Gasteiger partial charge in [0.05, 0.1) is 11.0 Å². The highest BCUT2D eigenvalue weighted by atomic mass is 32.1. The Kier molecular flexibility index (Phi) is 3.95. The zero-order valence-electron chi connectivity index (χ0n) is 15.2. The molecule has 0 aliphatic carbocycles. The Morgan fingerprint density at radius 1 is 1.19 bits per heavy atom. The van der Waals surface area contributed by atoms with Crippen LogP contribution in [0, 0.1) is 15.5 Å². The molecule has 0 unspecified atom stereocenters. The van der Waals surface area contributed by atoms with Crippen molar-refractivity contribution in [2.75, 3.05) is 25.5 Å². The van der Waals surface area contributed by atoms with Crippen LogP contribution in [0.15, 0.2) is 18.2 Å². The van der Waals surface area contributed by atoms with Gasteiger partial charge in [0.2, 0.25) is 11.8 Å². The highest BCUT2D eigenvalue weighted by Gasteiger charge is 2.62. The van der Waals surface area contributed by atoms with Crippen LogP contribution >= 0.6 is 12.2 Å². The van der Waals surface area contributed by atoms with Gasteiger partial charge in [-0.1, -0.05) is 0 Å². The number of carbonyl (C=O) groups excluding carboxylic acids is 2. The lowest BCUT2D eigenvalue weighted by molar-refractivity contribution is -0.384. The van der Waals surface area contributed by atoms with Crippen molar-refractivity contribution in [1.82, 2.24) is 9.80 Å². The first-order chi connectivity index (χ1) is 12.8. The van der Waals surface area contributed by atoms with Crippen LogP contribution < -0.4 is 4.90 Å². The van der Waals surface area contributed by atoms with Gasteiger partial charge in [0, 0.05) is 44.9 Å². The van der Waals surface area contributed by atoms with E-state index in [9.17, 15) is 19.7 Å². The fourth-order valence-corrected chi connectivity index (χ4v) is 4.95. The standard InChI is InChI=1S/C18H20N4O4S/c1-19-15(23)18(16(24)20(2)17(19)27)10-11-9-12(22(25)26)6-7-13(11)21-8-4-3-5-14(18)21/h6-7,9,14H,3-5,8,10H2,1-2H3/t14-/m0/s1. The van der Waals surface area contributed by atoms with Gasteiger partial charge in [-0.2, -0.15) is 0 Å². The molecule has 3 aliphatic rings. The molecule has 2 amide bonds. The van der Waals surface area contributed by atoms with Crippen molar-refractivity contribution in [2.24, 2.45) is 5.41 Å². The molecular formula is C18H20N4O4S. The van der Waals surface area contributed by atoms with Gasteiger partial charge >= 0.3 is 0 Å². The minimum atomic E-state index is -1.30. The van der Waals surface area contributed by atoms with Crippen LogP contribution in [0.5, 0.6) is 0 Å². The third-order valence-corrected chi connectivity index (χ3v) is 6.62. The van der Waals surface area contributed by atoms with Crippen molar-refractivity contribution < 1.29 is 14.5 Å². The van der Waals surface area contributed by atoms with Crippen LogP contribution in [-0.2, 0) is 16.0 Å². The Morgan fingerprint density at radius 2 is 1.85 bits per heavy atom. The first-order valence-electron chi connectivity index (χ1n) is 8.93. The minimum Gasteiger partial charge on any atom is -0.367 e. The van der Waals surface area contributed by atoms with E-state index in [4.69, 9.17) is 12.2 Å². The topological polar surface area (TPSA) is 87.0 Å². The number of rotatable bonds is 1. The van der Waals surface area contributed by atoms with Crippen LogP contribution in [0.1, 0.15) is 24.8 Å². The number of piperidine rings is 1. The molecule has 8 nitrogen and oxygen atoms in total. The first kappa shape index (κ1) is 17.8. The molecule has 1 spiro atoms. The number of carbonyl (C=O) groups is 2. The number of anilines is 1. The van der Waals surface area contributed by atoms with Crippen molar-refractivity contribution in [1.29, 1.82) is 0 Å². The van der Waals surface area contributed by atoms with Crippen molar-refractivity contribution in [3.63, 3.8) is 0 Å². The van der Waals surface area contributed by atoms with E-state index in [2.05, 4.69) is 4.90 Å². The van der Waals surface area contributed by atoms with Crippen LogP contribution in [0.4, 0.5) is 11.4 Å². The van der Waals surface area contributed by atoms with E-state index in [1.807, 2.05) is 0 Å². The quantitative estimate of drug-likeness (QED) is 0.315. The lowest BCUT2D eigenvalue weighted by Crippen LogP contribution is -2.72. The van der Waals surface area contributed by atoms with Gasteiger partial charge in [0.25, 0.3) is 5.69 Å². The molecule has 9 heteroatoms. The number of nitrogens with zero attached hydrogens (tertiary/aromatic N) is 4. The molecule has 1 aromatic rings. The van der Waals surface area contributed by atoms with Crippen molar-refractivity contribution >= 4 is 40.5 Å². The minimum absolute atomic E-state index is 0.0349. The predicted molar refractivity (Wildman–Crippen MR) is 102 cm³/mol. The molecule has 4 rings (SSSR count). The average Bonchev–Trinajstić information content (AvgIpc) is 2.68. The molecular weight excluding hydrogens is 368 g/mol. The molecule has 3 aliphatic heterocycles. The molecule has 0 saturated carbocycles. The van der Waals surface area contributed by atoms with E-state index in [0.29, 0.717) is 5.56 Å². The van der Waals surface area contributed by atoms with Gasteiger partial charge in [-0.05, 0) is 43.1 Å². The van der Waals surface area contributed by atoms with Crippen LogP contribution in [0.25, 0.3) is 0 Å². The molecule has 2 fully saturated rings. The van der Waals surface area contributed by atoms with E-state index in [1.165, 1.54) is 21.9 Å².